The maximum atomic E-state index is 13.7. The molecule has 0 radical (unpaired) electrons. The van der Waals surface area contributed by atoms with Crippen molar-refractivity contribution in [1.29, 1.82) is 0 Å². The molecule has 2 aromatic carbocycles. The summed E-state index contributed by atoms with van der Waals surface area (Å²) in [5, 5.41) is 12.8. The molecule has 30 heavy (non-hydrogen) atoms. The van der Waals surface area contributed by atoms with Crippen molar-refractivity contribution in [1.82, 2.24) is 30.1 Å². The Morgan fingerprint density at radius 3 is 2.70 bits per heavy atom. The summed E-state index contributed by atoms with van der Waals surface area (Å²) in [4.78, 5) is 20.4. The maximum absolute atomic E-state index is 13.7. The molecule has 8 heteroatoms. The van der Waals surface area contributed by atoms with Crippen LogP contribution >= 0.6 is 11.3 Å². The van der Waals surface area contributed by atoms with Gasteiger partial charge in [0.2, 0.25) is 0 Å². The Morgan fingerprint density at radius 1 is 1.13 bits per heavy atom. The number of hydrogen-bond acceptors (Lipinski definition) is 6. The molecule has 0 saturated carbocycles. The summed E-state index contributed by atoms with van der Waals surface area (Å²) in [6.45, 7) is 2.48. The fourth-order valence-electron chi connectivity index (χ4n) is 3.82. The largest absolute Gasteiger partial charge is 0.328 e. The monoisotopic (exact) mass is 416 g/mol. The first-order valence-electron chi connectivity index (χ1n) is 9.89. The van der Waals surface area contributed by atoms with E-state index in [-0.39, 0.29) is 11.9 Å². The van der Waals surface area contributed by atoms with Gasteiger partial charge < -0.3 is 4.90 Å². The van der Waals surface area contributed by atoms with Crippen LogP contribution in [0.4, 0.5) is 0 Å². The number of aryl methyl sites for hydroxylation is 1. The van der Waals surface area contributed by atoms with Gasteiger partial charge in [0, 0.05) is 6.54 Å². The van der Waals surface area contributed by atoms with Crippen molar-refractivity contribution in [2.75, 3.05) is 6.54 Å². The van der Waals surface area contributed by atoms with E-state index in [0.717, 1.165) is 33.6 Å². The lowest BCUT2D eigenvalue weighted by Gasteiger charge is -2.24. The van der Waals surface area contributed by atoms with Crippen LogP contribution in [0.3, 0.4) is 0 Å². The number of rotatable bonds is 4. The zero-order chi connectivity index (χ0) is 20.5. The van der Waals surface area contributed by atoms with Crippen LogP contribution in [-0.4, -0.2) is 42.5 Å². The average Bonchev–Trinajstić information content (AvgIpc) is 3.51. The van der Waals surface area contributed by atoms with Crippen LogP contribution in [0.2, 0.25) is 0 Å². The van der Waals surface area contributed by atoms with E-state index in [9.17, 15) is 4.79 Å². The molecule has 150 valence electrons. The highest BCUT2D eigenvalue weighted by Gasteiger charge is 2.35. The minimum atomic E-state index is -0.0870. The number of carbonyl (C=O) groups excluding carboxylic acids is 1. The molecule has 1 aliphatic rings. The topological polar surface area (TPSA) is 76.8 Å². The number of likely N-dealkylation sites (tertiary alicyclic amines) is 1. The number of carbonyl (C=O) groups is 1. The van der Waals surface area contributed by atoms with Gasteiger partial charge in [-0.05, 0) is 54.0 Å². The molecular formula is C22H20N6OS. The van der Waals surface area contributed by atoms with Gasteiger partial charge in [0.1, 0.15) is 10.7 Å². The predicted molar refractivity (Wildman–Crippen MR) is 116 cm³/mol. The molecule has 1 fully saturated rings. The van der Waals surface area contributed by atoms with E-state index in [1.165, 1.54) is 4.68 Å². The van der Waals surface area contributed by atoms with Gasteiger partial charge in [-0.25, -0.2) is 4.98 Å². The summed E-state index contributed by atoms with van der Waals surface area (Å²) in [6, 6.07) is 17.8. The molecule has 5 rings (SSSR count). The SMILES string of the molecule is Cc1nnnn1/C(=C\c1ccccc1)C(=O)N1CCC[C@@H]1c1nc2ccccc2s1. The van der Waals surface area contributed by atoms with Crippen LogP contribution in [0.5, 0.6) is 0 Å². The molecule has 4 aromatic rings. The Labute approximate surface area is 177 Å². The number of benzene rings is 2. The lowest BCUT2D eigenvalue weighted by atomic mass is 10.1. The molecule has 1 saturated heterocycles. The van der Waals surface area contributed by atoms with Gasteiger partial charge in [0.15, 0.2) is 5.82 Å². The third-order valence-corrected chi connectivity index (χ3v) is 6.42. The van der Waals surface area contributed by atoms with Crippen molar-refractivity contribution in [3.05, 3.63) is 71.0 Å². The fourth-order valence-corrected chi connectivity index (χ4v) is 4.94. The summed E-state index contributed by atoms with van der Waals surface area (Å²) in [5.74, 6) is 0.484. The number of nitrogens with zero attached hydrogens (tertiary/aromatic N) is 6. The molecule has 1 amide bonds. The number of fused-ring (bicyclic) bond motifs is 1. The van der Waals surface area contributed by atoms with E-state index in [2.05, 4.69) is 21.6 Å². The van der Waals surface area contributed by atoms with E-state index < -0.39 is 0 Å². The van der Waals surface area contributed by atoms with Gasteiger partial charge in [-0.15, -0.1) is 16.4 Å². The molecule has 0 unspecified atom stereocenters. The van der Waals surface area contributed by atoms with Gasteiger partial charge in [0.05, 0.1) is 16.3 Å². The normalized spacial score (nSPS) is 17.0. The lowest BCUT2D eigenvalue weighted by Crippen LogP contribution is -2.33. The first-order chi connectivity index (χ1) is 14.7. The number of thiazole rings is 1. The standard InChI is InChI=1S/C22H20N6OS/c1-15-24-25-26-28(15)19(14-16-8-3-2-4-9-16)22(29)27-13-7-11-18(27)21-23-17-10-5-6-12-20(17)30-21/h2-6,8-10,12,14,18H,7,11,13H2,1H3/b19-14-/t18-/m1/s1. The van der Waals surface area contributed by atoms with Crippen LogP contribution in [0.1, 0.15) is 35.3 Å². The number of para-hydroxylation sites is 1. The molecule has 1 aliphatic heterocycles. The van der Waals surface area contributed by atoms with Gasteiger partial charge in [0.25, 0.3) is 5.91 Å². The number of amides is 1. The Hall–Kier alpha value is -3.39. The van der Waals surface area contributed by atoms with Crippen LogP contribution < -0.4 is 0 Å². The summed E-state index contributed by atoms with van der Waals surface area (Å²) < 4.78 is 2.66. The predicted octanol–water partition coefficient (Wildman–Crippen LogP) is 3.95. The third kappa shape index (κ3) is 3.39. The van der Waals surface area contributed by atoms with E-state index in [1.807, 2.05) is 59.5 Å². The van der Waals surface area contributed by atoms with Crippen LogP contribution in [0.15, 0.2) is 54.6 Å². The van der Waals surface area contributed by atoms with Crippen LogP contribution in [-0.2, 0) is 4.79 Å². The molecule has 0 spiro atoms. The van der Waals surface area contributed by atoms with Gasteiger partial charge >= 0.3 is 0 Å². The van der Waals surface area contributed by atoms with Crippen LogP contribution in [0.25, 0.3) is 22.0 Å². The first kappa shape index (κ1) is 18.6. The highest BCUT2D eigenvalue weighted by Crippen LogP contribution is 2.37. The summed E-state index contributed by atoms with van der Waals surface area (Å²) >= 11 is 1.66. The van der Waals surface area contributed by atoms with Gasteiger partial charge in [-0.2, -0.15) is 4.68 Å². The Bertz CT molecular complexity index is 1200. The van der Waals surface area contributed by atoms with E-state index >= 15 is 0 Å². The Morgan fingerprint density at radius 2 is 1.93 bits per heavy atom. The number of aromatic nitrogens is 5. The van der Waals surface area contributed by atoms with Gasteiger partial charge in [-0.3, -0.25) is 4.79 Å². The molecular weight excluding hydrogens is 396 g/mol. The van der Waals surface area contributed by atoms with Crippen molar-refractivity contribution < 1.29 is 4.79 Å². The number of hydrogen-bond donors (Lipinski definition) is 0. The van der Waals surface area contributed by atoms with Crippen molar-refractivity contribution in [2.24, 2.45) is 0 Å². The average molecular weight is 417 g/mol. The maximum Gasteiger partial charge on any atom is 0.273 e. The smallest absolute Gasteiger partial charge is 0.273 e. The molecule has 2 aromatic heterocycles. The fraction of sp³-hybridized carbons (Fsp3) is 0.227. The van der Waals surface area contributed by atoms with E-state index in [0.29, 0.717) is 18.1 Å². The van der Waals surface area contributed by atoms with Crippen LogP contribution in [0, 0.1) is 6.92 Å². The second-order valence-electron chi connectivity index (χ2n) is 7.25. The minimum Gasteiger partial charge on any atom is -0.328 e. The summed E-state index contributed by atoms with van der Waals surface area (Å²) in [6.07, 6.45) is 3.69. The molecule has 1 atom stereocenters. The van der Waals surface area contributed by atoms with Gasteiger partial charge in [-0.1, -0.05) is 42.5 Å². The highest BCUT2D eigenvalue weighted by atomic mass is 32.1. The van der Waals surface area contributed by atoms with Crippen molar-refractivity contribution >= 4 is 39.2 Å². The van der Waals surface area contributed by atoms with E-state index in [1.54, 1.807) is 18.3 Å². The molecule has 0 aliphatic carbocycles. The summed E-state index contributed by atoms with van der Waals surface area (Å²) in [7, 11) is 0. The first-order valence-corrected chi connectivity index (χ1v) is 10.7. The molecule has 3 heterocycles. The van der Waals surface area contributed by atoms with E-state index in [4.69, 9.17) is 4.98 Å². The lowest BCUT2D eigenvalue weighted by molar-refractivity contribution is -0.126. The minimum absolute atomic E-state index is 0.0362. The second-order valence-corrected chi connectivity index (χ2v) is 8.32. The Kier molecular flexibility index (Phi) is 4.84. The summed E-state index contributed by atoms with van der Waals surface area (Å²) in [5.41, 5.74) is 2.34. The van der Waals surface area contributed by atoms with Crippen molar-refractivity contribution in [3.8, 4) is 0 Å². The highest BCUT2D eigenvalue weighted by molar-refractivity contribution is 7.18. The van der Waals surface area contributed by atoms with Crippen molar-refractivity contribution in [3.63, 3.8) is 0 Å². The molecule has 0 N–H and O–H groups in total. The second kappa shape index (κ2) is 7.79. The zero-order valence-corrected chi connectivity index (χ0v) is 17.3. The quantitative estimate of drug-likeness (QED) is 0.471. The zero-order valence-electron chi connectivity index (χ0n) is 16.5. The Balaban J connectivity index is 1.54. The molecule has 7 nitrogen and oxygen atoms in total. The van der Waals surface area contributed by atoms with Crippen molar-refractivity contribution in [2.45, 2.75) is 25.8 Å². The third-order valence-electron chi connectivity index (χ3n) is 5.28. The molecule has 0 bridgehead atoms. The number of tetrazole rings is 1.